The molecule has 0 atom stereocenters. The average Bonchev–Trinajstić information content (AvgIpc) is 2.67. The molecule has 2 rings (SSSR count). The summed E-state index contributed by atoms with van der Waals surface area (Å²) in [6.07, 6.45) is 2.31. The monoisotopic (exact) mass is 317 g/mol. The molecule has 0 bridgehead atoms. The van der Waals surface area contributed by atoms with Crippen molar-refractivity contribution in [3.8, 4) is 0 Å². The molecule has 0 aromatic heterocycles. The van der Waals surface area contributed by atoms with Crippen molar-refractivity contribution in [2.75, 3.05) is 51.6 Å². The summed E-state index contributed by atoms with van der Waals surface area (Å²) in [6.45, 7) is 10.8. The van der Waals surface area contributed by atoms with E-state index in [0.717, 1.165) is 31.7 Å². The van der Waals surface area contributed by atoms with Crippen molar-refractivity contribution in [2.24, 2.45) is 10.7 Å². The summed E-state index contributed by atoms with van der Waals surface area (Å²) < 4.78 is 0. The number of rotatable bonds is 5. The Morgan fingerprint density at radius 3 is 2.61 bits per heavy atom. The molecule has 1 saturated heterocycles. The molecule has 0 saturated carbocycles. The smallest absolute Gasteiger partial charge is 0.193 e. The molecule has 0 spiro atoms. The van der Waals surface area contributed by atoms with Gasteiger partial charge in [-0.1, -0.05) is 6.07 Å². The van der Waals surface area contributed by atoms with Crippen LogP contribution in [0.2, 0.25) is 0 Å². The predicted octanol–water partition coefficient (Wildman–Crippen LogP) is 2.06. The molecule has 0 radical (unpaired) electrons. The predicted molar refractivity (Wildman–Crippen MR) is 99.2 cm³/mol. The van der Waals surface area contributed by atoms with E-state index in [-0.39, 0.29) is 0 Å². The topological polar surface area (TPSA) is 56.9 Å². The zero-order valence-electron chi connectivity index (χ0n) is 14.8. The van der Waals surface area contributed by atoms with Crippen LogP contribution in [0.15, 0.2) is 23.2 Å². The standard InChI is InChI=1S/C18H31N5/c1-15-12-16(2)14-17(13-15)21-18(19)20-6-4-8-23-9-5-7-22(3)10-11-23/h12-14H,4-11H2,1-3H3,(H3,19,20,21). The van der Waals surface area contributed by atoms with Gasteiger partial charge in [-0.2, -0.15) is 0 Å². The number of hydrogen-bond acceptors (Lipinski definition) is 3. The molecule has 0 unspecified atom stereocenters. The summed E-state index contributed by atoms with van der Waals surface area (Å²) in [7, 11) is 2.20. The van der Waals surface area contributed by atoms with E-state index in [0.29, 0.717) is 5.96 Å². The fourth-order valence-corrected chi connectivity index (χ4v) is 3.05. The summed E-state index contributed by atoms with van der Waals surface area (Å²) in [4.78, 5) is 9.39. The van der Waals surface area contributed by atoms with Crippen molar-refractivity contribution in [3.05, 3.63) is 29.3 Å². The van der Waals surface area contributed by atoms with Crippen molar-refractivity contribution in [1.82, 2.24) is 9.80 Å². The first-order valence-electron chi connectivity index (χ1n) is 8.59. The van der Waals surface area contributed by atoms with Gasteiger partial charge in [0.2, 0.25) is 0 Å². The molecule has 5 heteroatoms. The molecule has 1 heterocycles. The number of nitrogens with two attached hydrogens (primary N) is 1. The summed E-state index contributed by atoms with van der Waals surface area (Å²) in [5.41, 5.74) is 9.46. The van der Waals surface area contributed by atoms with E-state index in [1.54, 1.807) is 0 Å². The second-order valence-electron chi connectivity index (χ2n) is 6.62. The average molecular weight is 317 g/mol. The maximum Gasteiger partial charge on any atom is 0.193 e. The molecule has 1 aliphatic rings. The summed E-state index contributed by atoms with van der Waals surface area (Å²) in [5, 5.41) is 3.19. The van der Waals surface area contributed by atoms with E-state index in [9.17, 15) is 0 Å². The van der Waals surface area contributed by atoms with Crippen LogP contribution in [0.4, 0.5) is 5.69 Å². The Hall–Kier alpha value is -1.59. The highest BCUT2D eigenvalue weighted by Gasteiger charge is 2.10. The third-order valence-electron chi connectivity index (χ3n) is 4.22. The quantitative estimate of drug-likeness (QED) is 0.496. The molecule has 1 aliphatic heterocycles. The van der Waals surface area contributed by atoms with Crippen LogP contribution in [0.25, 0.3) is 0 Å². The van der Waals surface area contributed by atoms with E-state index < -0.39 is 0 Å². The van der Waals surface area contributed by atoms with Gasteiger partial charge in [-0.25, -0.2) is 0 Å². The molecular weight excluding hydrogens is 286 g/mol. The maximum absolute atomic E-state index is 5.99. The minimum absolute atomic E-state index is 0.505. The van der Waals surface area contributed by atoms with Crippen molar-refractivity contribution in [3.63, 3.8) is 0 Å². The van der Waals surface area contributed by atoms with Gasteiger partial charge in [-0.05, 0) is 76.6 Å². The summed E-state index contributed by atoms with van der Waals surface area (Å²) in [5.74, 6) is 0.505. The first kappa shape index (κ1) is 17.8. The number of hydrogen-bond donors (Lipinski definition) is 2. The van der Waals surface area contributed by atoms with Gasteiger partial charge in [-0.15, -0.1) is 0 Å². The number of likely N-dealkylation sites (N-methyl/N-ethyl adjacent to an activating group) is 1. The lowest BCUT2D eigenvalue weighted by Crippen LogP contribution is -2.30. The van der Waals surface area contributed by atoms with Crippen LogP contribution in [0.1, 0.15) is 24.0 Å². The number of nitrogens with zero attached hydrogens (tertiary/aromatic N) is 3. The molecule has 0 amide bonds. The highest BCUT2D eigenvalue weighted by Crippen LogP contribution is 2.13. The fraction of sp³-hybridized carbons (Fsp3) is 0.611. The summed E-state index contributed by atoms with van der Waals surface area (Å²) >= 11 is 0. The van der Waals surface area contributed by atoms with Crippen molar-refractivity contribution in [1.29, 1.82) is 0 Å². The van der Waals surface area contributed by atoms with Crippen molar-refractivity contribution >= 4 is 11.6 Å². The minimum atomic E-state index is 0.505. The van der Waals surface area contributed by atoms with Gasteiger partial charge in [0.25, 0.3) is 0 Å². The Bertz CT molecular complexity index is 506. The van der Waals surface area contributed by atoms with Crippen LogP contribution < -0.4 is 11.1 Å². The number of guanidine groups is 1. The van der Waals surface area contributed by atoms with Crippen LogP contribution >= 0.6 is 0 Å². The van der Waals surface area contributed by atoms with Gasteiger partial charge in [0.05, 0.1) is 0 Å². The first-order chi connectivity index (χ1) is 11.0. The molecule has 1 fully saturated rings. The molecule has 1 aromatic rings. The lowest BCUT2D eigenvalue weighted by Gasteiger charge is -2.19. The van der Waals surface area contributed by atoms with Crippen LogP contribution in [0.3, 0.4) is 0 Å². The SMILES string of the molecule is Cc1cc(C)cc(NC(N)=NCCCN2CCCN(C)CC2)c1. The third kappa shape index (κ3) is 6.59. The Labute approximate surface area is 140 Å². The van der Waals surface area contributed by atoms with Crippen LogP contribution in [-0.2, 0) is 0 Å². The molecule has 0 aliphatic carbocycles. The number of anilines is 1. The Balaban J connectivity index is 1.72. The van der Waals surface area contributed by atoms with Gasteiger partial charge in [-0.3, -0.25) is 4.99 Å². The van der Waals surface area contributed by atoms with Crippen LogP contribution in [0, 0.1) is 13.8 Å². The Morgan fingerprint density at radius 2 is 1.87 bits per heavy atom. The minimum Gasteiger partial charge on any atom is -0.370 e. The lowest BCUT2D eigenvalue weighted by atomic mass is 10.1. The molecular formula is C18H31N5. The molecule has 128 valence electrons. The van der Waals surface area contributed by atoms with Gasteiger partial charge in [0.1, 0.15) is 0 Å². The molecule has 23 heavy (non-hydrogen) atoms. The van der Waals surface area contributed by atoms with E-state index in [2.05, 4.69) is 59.2 Å². The van der Waals surface area contributed by atoms with E-state index >= 15 is 0 Å². The van der Waals surface area contributed by atoms with E-state index in [1.165, 1.54) is 37.2 Å². The third-order valence-corrected chi connectivity index (χ3v) is 4.22. The Kier molecular flexibility index (Phi) is 6.86. The Morgan fingerprint density at radius 1 is 1.13 bits per heavy atom. The zero-order chi connectivity index (χ0) is 16.7. The van der Waals surface area contributed by atoms with E-state index in [1.807, 2.05) is 0 Å². The highest BCUT2D eigenvalue weighted by molar-refractivity contribution is 5.92. The number of aliphatic imine (C=N–C) groups is 1. The highest BCUT2D eigenvalue weighted by atomic mass is 15.2. The number of benzene rings is 1. The molecule has 1 aromatic carbocycles. The lowest BCUT2D eigenvalue weighted by molar-refractivity contribution is 0.275. The largest absolute Gasteiger partial charge is 0.370 e. The van der Waals surface area contributed by atoms with Gasteiger partial charge in [0.15, 0.2) is 5.96 Å². The van der Waals surface area contributed by atoms with Crippen molar-refractivity contribution in [2.45, 2.75) is 26.7 Å². The van der Waals surface area contributed by atoms with Gasteiger partial charge in [0, 0.05) is 25.3 Å². The van der Waals surface area contributed by atoms with Crippen molar-refractivity contribution < 1.29 is 0 Å². The van der Waals surface area contributed by atoms with Crippen LogP contribution in [-0.4, -0.2) is 62.1 Å². The molecule has 3 N–H and O–H groups in total. The van der Waals surface area contributed by atoms with Crippen LogP contribution in [0.5, 0.6) is 0 Å². The summed E-state index contributed by atoms with van der Waals surface area (Å²) in [6, 6.07) is 6.32. The zero-order valence-corrected chi connectivity index (χ0v) is 14.8. The second-order valence-corrected chi connectivity index (χ2v) is 6.62. The van der Waals surface area contributed by atoms with Gasteiger partial charge >= 0.3 is 0 Å². The number of nitrogens with one attached hydrogen (secondary N) is 1. The molecule has 5 nitrogen and oxygen atoms in total. The second kappa shape index (κ2) is 8.89. The maximum atomic E-state index is 5.99. The van der Waals surface area contributed by atoms with E-state index in [4.69, 9.17) is 5.73 Å². The fourth-order valence-electron chi connectivity index (χ4n) is 3.05. The number of aryl methyl sites for hydroxylation is 2. The first-order valence-corrected chi connectivity index (χ1v) is 8.59. The normalized spacial score (nSPS) is 18.0. The van der Waals surface area contributed by atoms with Gasteiger partial charge < -0.3 is 20.9 Å².